The first-order valence-corrected chi connectivity index (χ1v) is 5.09. The second-order valence-electron chi connectivity index (χ2n) is 2.61. The van der Waals surface area contributed by atoms with Crippen LogP contribution in [0.15, 0.2) is 22.7 Å². The molecule has 0 saturated heterocycles. The molecular weight excluding hydrogens is 253 g/mol. The summed E-state index contributed by atoms with van der Waals surface area (Å²) in [6.07, 6.45) is 0. The number of para-hydroxylation sites is 1. The van der Waals surface area contributed by atoms with Crippen molar-refractivity contribution in [3.8, 4) is 0 Å². The van der Waals surface area contributed by atoms with Gasteiger partial charge in [0, 0.05) is 4.47 Å². The van der Waals surface area contributed by atoms with E-state index >= 15 is 0 Å². The topological polar surface area (TPSA) is 29.1 Å². The normalized spacial score (nSPS) is 9.77. The Kier molecular flexibility index (Phi) is 3.75. The number of halogens is 2. The molecule has 0 radical (unpaired) electrons. The van der Waals surface area contributed by atoms with Crippen LogP contribution in [0.2, 0.25) is 0 Å². The van der Waals surface area contributed by atoms with Gasteiger partial charge < -0.3 is 5.32 Å². The molecule has 4 heteroatoms. The van der Waals surface area contributed by atoms with E-state index < -0.39 is 0 Å². The van der Waals surface area contributed by atoms with Crippen LogP contribution < -0.4 is 5.32 Å². The summed E-state index contributed by atoms with van der Waals surface area (Å²) in [5.41, 5.74) is 1.79. The Morgan fingerprint density at radius 1 is 1.62 bits per heavy atom. The Balaban J connectivity index is 2.93. The Morgan fingerprint density at radius 2 is 2.31 bits per heavy atom. The van der Waals surface area contributed by atoms with Crippen LogP contribution >= 0.6 is 27.5 Å². The third-order valence-corrected chi connectivity index (χ3v) is 2.51. The molecule has 13 heavy (non-hydrogen) atoms. The highest BCUT2D eigenvalue weighted by atomic mass is 79.9. The van der Waals surface area contributed by atoms with E-state index in [0.717, 1.165) is 15.7 Å². The summed E-state index contributed by atoms with van der Waals surface area (Å²) in [5.74, 6) is -0.225. The van der Waals surface area contributed by atoms with Crippen molar-refractivity contribution in [2.45, 2.75) is 6.92 Å². The number of hydrogen-bond acceptors (Lipinski definition) is 1. The van der Waals surface area contributed by atoms with E-state index in [2.05, 4.69) is 21.2 Å². The van der Waals surface area contributed by atoms with E-state index in [-0.39, 0.29) is 11.8 Å². The quantitative estimate of drug-likeness (QED) is 0.816. The molecule has 70 valence electrons. The van der Waals surface area contributed by atoms with Crippen molar-refractivity contribution in [1.29, 1.82) is 0 Å². The first kappa shape index (κ1) is 10.5. The monoisotopic (exact) mass is 261 g/mol. The van der Waals surface area contributed by atoms with Crippen LogP contribution in [0.25, 0.3) is 0 Å². The third-order valence-electron chi connectivity index (χ3n) is 1.61. The molecule has 1 N–H and O–H groups in total. The highest BCUT2D eigenvalue weighted by molar-refractivity contribution is 9.10. The van der Waals surface area contributed by atoms with Gasteiger partial charge in [0.25, 0.3) is 0 Å². The van der Waals surface area contributed by atoms with Crippen LogP contribution in [0.1, 0.15) is 5.56 Å². The molecule has 0 atom stereocenters. The number of amides is 1. The molecule has 0 aliphatic heterocycles. The summed E-state index contributed by atoms with van der Waals surface area (Å²) < 4.78 is 0.867. The predicted molar refractivity (Wildman–Crippen MR) is 58.2 cm³/mol. The van der Waals surface area contributed by atoms with Crippen molar-refractivity contribution in [3.05, 3.63) is 28.2 Å². The number of nitrogens with one attached hydrogen (secondary N) is 1. The number of benzene rings is 1. The Hall–Kier alpha value is -0.540. The first-order valence-electron chi connectivity index (χ1n) is 3.76. The zero-order chi connectivity index (χ0) is 9.84. The summed E-state index contributed by atoms with van der Waals surface area (Å²) >= 11 is 8.73. The second kappa shape index (κ2) is 4.63. The highest BCUT2D eigenvalue weighted by Crippen LogP contribution is 2.25. The van der Waals surface area contributed by atoms with Gasteiger partial charge in [0.1, 0.15) is 5.88 Å². The smallest absolute Gasteiger partial charge is 0.239 e. The summed E-state index contributed by atoms with van der Waals surface area (Å²) in [5, 5.41) is 2.71. The van der Waals surface area contributed by atoms with Crippen LogP contribution in [0.4, 0.5) is 5.69 Å². The molecule has 0 bridgehead atoms. The molecule has 0 aliphatic carbocycles. The lowest BCUT2D eigenvalue weighted by Crippen LogP contribution is -2.13. The minimum absolute atomic E-state index is 0.0270. The van der Waals surface area contributed by atoms with Gasteiger partial charge in [0.2, 0.25) is 5.91 Å². The molecule has 0 aromatic heterocycles. The lowest BCUT2D eigenvalue weighted by atomic mass is 10.2. The number of hydrogen-bond donors (Lipinski definition) is 1. The number of aryl methyl sites for hydroxylation is 1. The van der Waals surface area contributed by atoms with Crippen molar-refractivity contribution in [3.63, 3.8) is 0 Å². The van der Waals surface area contributed by atoms with Gasteiger partial charge >= 0.3 is 0 Å². The molecule has 1 rings (SSSR count). The molecule has 0 spiro atoms. The molecule has 0 saturated carbocycles. The van der Waals surface area contributed by atoms with E-state index in [1.54, 1.807) is 0 Å². The summed E-state index contributed by atoms with van der Waals surface area (Å²) in [6, 6.07) is 5.71. The number of rotatable bonds is 2. The lowest BCUT2D eigenvalue weighted by Gasteiger charge is -2.08. The van der Waals surface area contributed by atoms with Crippen molar-refractivity contribution in [2.75, 3.05) is 11.2 Å². The second-order valence-corrected chi connectivity index (χ2v) is 3.74. The average molecular weight is 263 g/mol. The first-order chi connectivity index (χ1) is 6.15. The lowest BCUT2D eigenvalue weighted by molar-refractivity contribution is -0.113. The molecule has 1 aromatic rings. The minimum atomic E-state index is -0.198. The van der Waals surface area contributed by atoms with Crippen LogP contribution in [-0.4, -0.2) is 11.8 Å². The largest absolute Gasteiger partial charge is 0.324 e. The van der Waals surface area contributed by atoms with Gasteiger partial charge in [-0.1, -0.05) is 12.1 Å². The van der Waals surface area contributed by atoms with Crippen molar-refractivity contribution in [2.24, 2.45) is 0 Å². The molecule has 0 heterocycles. The molecular formula is C9H9BrClNO. The summed E-state index contributed by atoms with van der Waals surface area (Å²) in [7, 11) is 0. The molecule has 0 aliphatic rings. The fourth-order valence-corrected chi connectivity index (χ4v) is 1.59. The fraction of sp³-hybridized carbons (Fsp3) is 0.222. The fourth-order valence-electron chi connectivity index (χ4n) is 0.963. The number of anilines is 1. The maximum absolute atomic E-state index is 11.0. The molecule has 2 nitrogen and oxygen atoms in total. The van der Waals surface area contributed by atoms with Gasteiger partial charge in [0.05, 0.1) is 5.69 Å². The van der Waals surface area contributed by atoms with Crippen molar-refractivity contribution in [1.82, 2.24) is 0 Å². The van der Waals surface area contributed by atoms with Crippen LogP contribution in [0.3, 0.4) is 0 Å². The van der Waals surface area contributed by atoms with Crippen molar-refractivity contribution < 1.29 is 4.79 Å². The van der Waals surface area contributed by atoms with E-state index in [1.807, 2.05) is 25.1 Å². The van der Waals surface area contributed by atoms with Crippen LogP contribution in [0, 0.1) is 6.92 Å². The summed E-state index contributed by atoms with van der Waals surface area (Å²) in [4.78, 5) is 11.0. The van der Waals surface area contributed by atoms with Crippen LogP contribution in [0.5, 0.6) is 0 Å². The number of alkyl halides is 1. The van der Waals surface area contributed by atoms with Gasteiger partial charge in [0.15, 0.2) is 0 Å². The third kappa shape index (κ3) is 2.71. The Bertz CT molecular complexity index is 307. The molecule has 1 aromatic carbocycles. The molecule has 0 fully saturated rings. The molecule has 1 amide bonds. The zero-order valence-electron chi connectivity index (χ0n) is 7.10. The molecule has 0 unspecified atom stereocenters. The van der Waals surface area contributed by atoms with Gasteiger partial charge in [-0.05, 0) is 34.5 Å². The van der Waals surface area contributed by atoms with Gasteiger partial charge in [-0.2, -0.15) is 0 Å². The van der Waals surface area contributed by atoms with Crippen molar-refractivity contribution >= 4 is 39.1 Å². The maximum atomic E-state index is 11.0. The minimum Gasteiger partial charge on any atom is -0.324 e. The van der Waals surface area contributed by atoms with E-state index in [4.69, 9.17) is 11.6 Å². The Morgan fingerprint density at radius 3 is 2.85 bits per heavy atom. The van der Waals surface area contributed by atoms with Gasteiger partial charge in [-0.3, -0.25) is 4.79 Å². The number of carbonyl (C=O) groups is 1. The SMILES string of the molecule is Cc1cccc(Br)c1NC(=O)CCl. The predicted octanol–water partition coefficient (Wildman–Crippen LogP) is 2.93. The van der Waals surface area contributed by atoms with E-state index in [0.29, 0.717) is 0 Å². The zero-order valence-corrected chi connectivity index (χ0v) is 9.45. The summed E-state index contributed by atoms with van der Waals surface area (Å²) in [6.45, 7) is 1.93. The maximum Gasteiger partial charge on any atom is 0.239 e. The average Bonchev–Trinajstić information content (AvgIpc) is 2.11. The standard InChI is InChI=1S/C9H9BrClNO/c1-6-3-2-4-7(10)9(6)12-8(13)5-11/h2-4H,5H2,1H3,(H,12,13). The van der Waals surface area contributed by atoms with Gasteiger partial charge in [-0.25, -0.2) is 0 Å². The van der Waals surface area contributed by atoms with E-state index in [9.17, 15) is 4.79 Å². The Labute approximate surface area is 90.4 Å². The number of carbonyl (C=O) groups excluding carboxylic acids is 1. The van der Waals surface area contributed by atoms with Crippen LogP contribution in [-0.2, 0) is 4.79 Å². The highest BCUT2D eigenvalue weighted by Gasteiger charge is 2.05. The van der Waals surface area contributed by atoms with E-state index in [1.165, 1.54) is 0 Å². The van der Waals surface area contributed by atoms with Gasteiger partial charge in [-0.15, -0.1) is 11.6 Å².